The van der Waals surface area contributed by atoms with E-state index in [-0.39, 0.29) is 11.4 Å². The molecule has 1 N–H and O–H groups in total. The van der Waals surface area contributed by atoms with Crippen molar-refractivity contribution in [2.75, 3.05) is 0 Å². The lowest BCUT2D eigenvalue weighted by Crippen LogP contribution is -2.17. The van der Waals surface area contributed by atoms with E-state index in [1.807, 2.05) is 49.4 Å². The Morgan fingerprint density at radius 2 is 1.79 bits per heavy atom. The average Bonchev–Trinajstić information content (AvgIpc) is 3.13. The van der Waals surface area contributed by atoms with Crippen LogP contribution in [0.15, 0.2) is 47.3 Å². The highest BCUT2D eigenvalue weighted by atomic mass is 35.5. The van der Waals surface area contributed by atoms with Crippen LogP contribution in [0.25, 0.3) is 22.3 Å². The third kappa shape index (κ3) is 2.26. The molecule has 0 amide bonds. The number of hydrogen-bond donors (Lipinski definition) is 1. The fraction of sp³-hybridized carbons (Fsp3) is 0.211. The molecular formula is C19H17ClN2O2. The van der Waals surface area contributed by atoms with Crippen molar-refractivity contribution in [1.82, 2.24) is 9.36 Å². The number of nitrogens with zero attached hydrogens (tertiary/aromatic N) is 2. The van der Waals surface area contributed by atoms with Gasteiger partial charge in [-0.2, -0.15) is 0 Å². The highest BCUT2D eigenvalue weighted by Gasteiger charge is 2.24. The molecule has 0 aliphatic carbocycles. The molecule has 0 bridgehead atoms. The third-order valence-electron chi connectivity index (χ3n) is 4.60. The molecule has 0 atom stereocenters. The summed E-state index contributed by atoms with van der Waals surface area (Å²) < 4.78 is 3.29. The number of hydrogen-bond acceptors (Lipinski definition) is 2. The van der Waals surface area contributed by atoms with Crippen molar-refractivity contribution in [1.29, 1.82) is 0 Å². The van der Waals surface area contributed by atoms with Crippen molar-refractivity contribution in [2.45, 2.75) is 26.4 Å². The molecule has 2 heterocycles. The minimum absolute atomic E-state index is 0.0658. The van der Waals surface area contributed by atoms with E-state index in [4.69, 9.17) is 11.6 Å². The summed E-state index contributed by atoms with van der Waals surface area (Å²) in [6.07, 6.45) is 0.885. The first-order valence-electron chi connectivity index (χ1n) is 7.96. The van der Waals surface area contributed by atoms with Gasteiger partial charge in [-0.15, -0.1) is 0 Å². The minimum Gasteiger partial charge on any atom is -0.493 e. The highest BCUT2D eigenvalue weighted by Crippen LogP contribution is 2.33. The summed E-state index contributed by atoms with van der Waals surface area (Å²) in [5.41, 5.74) is 4.05. The van der Waals surface area contributed by atoms with Crippen molar-refractivity contribution in [3.05, 3.63) is 63.4 Å². The summed E-state index contributed by atoms with van der Waals surface area (Å²) in [5, 5.41) is 11.1. The largest absolute Gasteiger partial charge is 0.493 e. The van der Waals surface area contributed by atoms with Crippen LogP contribution in [0.5, 0.6) is 5.88 Å². The second-order valence-electron chi connectivity index (χ2n) is 6.14. The molecule has 4 nitrogen and oxygen atoms in total. The Kier molecular flexibility index (Phi) is 3.50. The summed E-state index contributed by atoms with van der Waals surface area (Å²) in [6.45, 7) is 3.29. The molecule has 0 unspecified atom stereocenters. The first-order chi connectivity index (χ1) is 11.6. The van der Waals surface area contributed by atoms with Gasteiger partial charge in [0.25, 0.3) is 5.56 Å². The van der Waals surface area contributed by atoms with Gasteiger partial charge in [0.15, 0.2) is 0 Å². The Morgan fingerprint density at radius 3 is 2.50 bits per heavy atom. The smallest absolute Gasteiger partial charge is 0.278 e. The van der Waals surface area contributed by atoms with Gasteiger partial charge in [-0.05, 0) is 47.7 Å². The molecule has 4 rings (SSSR count). The highest BCUT2D eigenvalue weighted by molar-refractivity contribution is 6.30. The molecule has 1 aliphatic heterocycles. The van der Waals surface area contributed by atoms with E-state index in [1.165, 1.54) is 0 Å². The Hall–Kier alpha value is -2.46. The molecule has 0 radical (unpaired) electrons. The summed E-state index contributed by atoms with van der Waals surface area (Å²) in [6, 6.07) is 13.5. The Bertz CT molecular complexity index is 1000. The minimum atomic E-state index is -0.122. The quantitative estimate of drug-likeness (QED) is 0.765. The SMILES string of the molecule is Cc1cc(-c2cccc(Cl)c2)ccc1-c1c(O)n2n(c1=O)CCC2. The maximum absolute atomic E-state index is 12.6. The topological polar surface area (TPSA) is 47.2 Å². The number of aromatic nitrogens is 2. The van der Waals surface area contributed by atoms with Gasteiger partial charge in [0, 0.05) is 18.1 Å². The Morgan fingerprint density at radius 1 is 1.04 bits per heavy atom. The van der Waals surface area contributed by atoms with Crippen LogP contribution in [0.1, 0.15) is 12.0 Å². The van der Waals surface area contributed by atoms with Crippen LogP contribution < -0.4 is 5.56 Å². The van der Waals surface area contributed by atoms with Crippen molar-refractivity contribution in [3.8, 4) is 28.1 Å². The van der Waals surface area contributed by atoms with Crippen LogP contribution in [0.4, 0.5) is 0 Å². The second kappa shape index (κ2) is 5.56. The number of aromatic hydroxyl groups is 1. The van der Waals surface area contributed by atoms with E-state index < -0.39 is 0 Å². The van der Waals surface area contributed by atoms with Crippen molar-refractivity contribution >= 4 is 11.6 Å². The maximum Gasteiger partial charge on any atom is 0.278 e. The number of halogens is 1. The van der Waals surface area contributed by atoms with Gasteiger partial charge in [-0.1, -0.05) is 41.9 Å². The lowest BCUT2D eigenvalue weighted by Gasteiger charge is -2.08. The van der Waals surface area contributed by atoms with Crippen molar-refractivity contribution in [2.24, 2.45) is 0 Å². The van der Waals surface area contributed by atoms with Gasteiger partial charge in [-0.25, -0.2) is 4.68 Å². The molecule has 0 fully saturated rings. The number of fused-ring (bicyclic) bond motifs is 1. The molecule has 2 aromatic carbocycles. The average molecular weight is 341 g/mol. The zero-order chi connectivity index (χ0) is 16.8. The zero-order valence-electron chi connectivity index (χ0n) is 13.3. The summed E-state index contributed by atoms with van der Waals surface area (Å²) in [4.78, 5) is 12.6. The fourth-order valence-electron chi connectivity index (χ4n) is 3.42. The standard InChI is InChI=1S/C19H17ClN2O2/c1-12-10-14(13-4-2-5-15(20)11-13)6-7-16(12)17-18(23)21-8-3-9-22(21)19(17)24/h2,4-7,10-11,23H,3,8-9H2,1H3. The lowest BCUT2D eigenvalue weighted by molar-refractivity contribution is 0.399. The molecular weight excluding hydrogens is 324 g/mol. The zero-order valence-corrected chi connectivity index (χ0v) is 14.0. The normalized spacial score (nSPS) is 13.2. The van der Waals surface area contributed by atoms with E-state index in [1.54, 1.807) is 9.36 Å². The van der Waals surface area contributed by atoms with Gasteiger partial charge in [0.05, 0.1) is 0 Å². The molecule has 122 valence electrons. The molecule has 3 aromatic rings. The van der Waals surface area contributed by atoms with Crippen LogP contribution in [0.2, 0.25) is 5.02 Å². The molecule has 1 aromatic heterocycles. The molecule has 0 saturated heterocycles. The van der Waals surface area contributed by atoms with Gasteiger partial charge in [0.2, 0.25) is 5.88 Å². The predicted octanol–water partition coefficient (Wildman–Crippen LogP) is 4.05. The summed E-state index contributed by atoms with van der Waals surface area (Å²) in [7, 11) is 0. The van der Waals surface area contributed by atoms with Crippen LogP contribution in [0.3, 0.4) is 0 Å². The van der Waals surface area contributed by atoms with E-state index in [9.17, 15) is 9.90 Å². The molecule has 24 heavy (non-hydrogen) atoms. The monoisotopic (exact) mass is 340 g/mol. The summed E-state index contributed by atoms with van der Waals surface area (Å²) in [5.74, 6) is 0.0658. The van der Waals surface area contributed by atoms with Crippen LogP contribution in [0, 0.1) is 6.92 Å². The number of rotatable bonds is 2. The fourth-order valence-corrected chi connectivity index (χ4v) is 3.61. The second-order valence-corrected chi connectivity index (χ2v) is 6.58. The maximum atomic E-state index is 12.6. The number of aryl methyl sites for hydroxylation is 1. The molecule has 5 heteroatoms. The van der Waals surface area contributed by atoms with Crippen LogP contribution >= 0.6 is 11.6 Å². The van der Waals surface area contributed by atoms with Crippen molar-refractivity contribution in [3.63, 3.8) is 0 Å². The lowest BCUT2D eigenvalue weighted by atomic mass is 9.97. The molecule has 0 saturated carbocycles. The van der Waals surface area contributed by atoms with Crippen LogP contribution in [-0.2, 0) is 13.1 Å². The van der Waals surface area contributed by atoms with E-state index in [0.717, 1.165) is 28.7 Å². The summed E-state index contributed by atoms with van der Waals surface area (Å²) >= 11 is 6.07. The first kappa shape index (κ1) is 15.1. The number of benzene rings is 2. The van der Waals surface area contributed by atoms with Gasteiger partial charge < -0.3 is 5.11 Å². The van der Waals surface area contributed by atoms with Crippen LogP contribution in [-0.4, -0.2) is 14.5 Å². The van der Waals surface area contributed by atoms with Gasteiger partial charge in [0.1, 0.15) is 5.56 Å². The molecule has 1 aliphatic rings. The van der Waals surface area contributed by atoms with E-state index >= 15 is 0 Å². The Balaban J connectivity index is 1.83. The first-order valence-corrected chi connectivity index (χ1v) is 8.33. The Labute approximate surface area is 144 Å². The molecule has 0 spiro atoms. The van der Waals surface area contributed by atoms with E-state index in [2.05, 4.69) is 0 Å². The third-order valence-corrected chi connectivity index (χ3v) is 4.84. The van der Waals surface area contributed by atoms with Gasteiger partial charge in [-0.3, -0.25) is 9.48 Å². The van der Waals surface area contributed by atoms with Gasteiger partial charge >= 0.3 is 0 Å². The predicted molar refractivity (Wildman–Crippen MR) is 95.6 cm³/mol. The van der Waals surface area contributed by atoms with E-state index in [0.29, 0.717) is 23.7 Å². The van der Waals surface area contributed by atoms with Crippen molar-refractivity contribution < 1.29 is 5.11 Å².